The first kappa shape index (κ1) is 18.6. The number of carboxylic acid groups (broad SMARTS) is 1. The van der Waals surface area contributed by atoms with Gasteiger partial charge in [-0.05, 0) is 50.0 Å². The van der Waals surface area contributed by atoms with Crippen LogP contribution in [0.15, 0.2) is 34.9 Å². The molecule has 0 saturated carbocycles. The normalized spacial score (nSPS) is 30.7. The van der Waals surface area contributed by atoms with Crippen LogP contribution in [0.5, 0.6) is 0 Å². The fourth-order valence-electron chi connectivity index (χ4n) is 3.14. The molecule has 0 amide bonds. The Kier molecular flexibility index (Phi) is 5.36. The molecule has 0 radical (unpaired) electrons. The first-order valence-corrected chi connectivity index (χ1v) is 7.28. The predicted molar refractivity (Wildman–Crippen MR) is 83.2 cm³/mol. The highest BCUT2D eigenvalue weighted by atomic mass is 19.1. The molecule has 1 aliphatic rings. The van der Waals surface area contributed by atoms with Crippen molar-refractivity contribution in [3.63, 3.8) is 0 Å². The van der Waals surface area contributed by atoms with Gasteiger partial charge in [-0.25, -0.2) is 9.18 Å². The summed E-state index contributed by atoms with van der Waals surface area (Å²) >= 11 is 0. The van der Waals surface area contributed by atoms with Crippen molar-refractivity contribution in [3.05, 3.63) is 34.9 Å². The van der Waals surface area contributed by atoms with E-state index in [1.807, 2.05) is 0 Å². The summed E-state index contributed by atoms with van der Waals surface area (Å²) in [7, 11) is 0. The number of allylic oxidation sites excluding steroid dienone is 2. The summed E-state index contributed by atoms with van der Waals surface area (Å²) in [6.45, 7) is 8.13. The lowest BCUT2D eigenvalue weighted by Gasteiger charge is -2.48. The van der Waals surface area contributed by atoms with Crippen LogP contribution in [0.25, 0.3) is 0 Å². The van der Waals surface area contributed by atoms with Crippen LogP contribution in [0, 0.1) is 5.41 Å². The molecule has 1 aliphatic carbocycles. The number of hydrogen-bond acceptors (Lipinski definition) is 3. The Hall–Kier alpha value is -1.46. The number of halogens is 1. The second-order valence-corrected chi connectivity index (χ2v) is 6.63. The Bertz CT molecular complexity index is 543. The monoisotopic (exact) mass is 312 g/mol. The summed E-state index contributed by atoms with van der Waals surface area (Å²) in [5.41, 5.74) is -1.12. The highest BCUT2D eigenvalue weighted by Crippen LogP contribution is 2.48. The third kappa shape index (κ3) is 3.47. The van der Waals surface area contributed by atoms with Gasteiger partial charge in [-0.2, -0.15) is 0 Å². The Labute approximate surface area is 130 Å². The van der Waals surface area contributed by atoms with E-state index in [-0.39, 0.29) is 12.0 Å². The lowest BCUT2D eigenvalue weighted by molar-refractivity contribution is -0.131. The maximum absolute atomic E-state index is 13.8. The largest absolute Gasteiger partial charge is 0.478 e. The van der Waals surface area contributed by atoms with Crippen LogP contribution in [0.2, 0.25) is 0 Å². The van der Waals surface area contributed by atoms with Gasteiger partial charge >= 0.3 is 5.97 Å². The molecule has 0 aromatic heterocycles. The molecular formula is C17H25FO4. The van der Waals surface area contributed by atoms with Crippen molar-refractivity contribution in [1.29, 1.82) is 0 Å². The van der Waals surface area contributed by atoms with E-state index in [1.165, 1.54) is 19.1 Å². The van der Waals surface area contributed by atoms with Gasteiger partial charge in [0.25, 0.3) is 0 Å². The summed E-state index contributed by atoms with van der Waals surface area (Å²) in [6.07, 6.45) is 1.96. The fourth-order valence-corrected chi connectivity index (χ4v) is 3.14. The van der Waals surface area contributed by atoms with Crippen LogP contribution >= 0.6 is 0 Å². The Morgan fingerprint density at radius 1 is 1.45 bits per heavy atom. The van der Waals surface area contributed by atoms with Gasteiger partial charge in [0.1, 0.15) is 11.8 Å². The maximum atomic E-state index is 13.8. The Balaban J connectivity index is 3.37. The molecule has 0 heterocycles. The molecule has 124 valence electrons. The van der Waals surface area contributed by atoms with Crippen LogP contribution in [-0.2, 0) is 4.79 Å². The minimum Gasteiger partial charge on any atom is -0.478 e. The standard InChI is InChI=1S/C17H25FO4/c1-10(8-14(20)21)6-7-17(22)11(2)15(12(3)18)13(19)9-16(17,4)5/h6-8,12-13,19,22H,9H2,1-5H3,(H,20,21)/b7-6+,10-8-. The molecule has 22 heavy (non-hydrogen) atoms. The second-order valence-electron chi connectivity index (χ2n) is 6.63. The minimum atomic E-state index is -1.45. The lowest BCUT2D eigenvalue weighted by atomic mass is 9.61. The average Bonchev–Trinajstić information content (AvgIpc) is 2.32. The topological polar surface area (TPSA) is 77.8 Å². The molecule has 0 spiro atoms. The number of aliphatic hydroxyl groups is 2. The van der Waals surface area contributed by atoms with Crippen molar-refractivity contribution >= 4 is 5.97 Å². The molecule has 3 unspecified atom stereocenters. The van der Waals surface area contributed by atoms with Gasteiger partial charge in [-0.1, -0.05) is 19.9 Å². The number of hydrogen-bond donors (Lipinski definition) is 3. The van der Waals surface area contributed by atoms with Crippen molar-refractivity contribution in [2.24, 2.45) is 5.41 Å². The van der Waals surface area contributed by atoms with Gasteiger partial charge in [0.15, 0.2) is 0 Å². The molecule has 0 aliphatic heterocycles. The van der Waals surface area contributed by atoms with E-state index in [2.05, 4.69) is 0 Å². The molecule has 3 atom stereocenters. The van der Waals surface area contributed by atoms with Gasteiger partial charge in [0, 0.05) is 11.5 Å². The van der Waals surface area contributed by atoms with Crippen LogP contribution in [0.3, 0.4) is 0 Å². The van der Waals surface area contributed by atoms with Gasteiger partial charge in [0.05, 0.1) is 6.10 Å². The van der Waals surface area contributed by atoms with Crippen LogP contribution in [0.4, 0.5) is 4.39 Å². The number of rotatable bonds is 4. The zero-order valence-electron chi connectivity index (χ0n) is 13.7. The van der Waals surface area contributed by atoms with E-state index < -0.39 is 29.3 Å². The smallest absolute Gasteiger partial charge is 0.328 e. The number of alkyl halides is 1. The quantitative estimate of drug-likeness (QED) is 0.424. The highest BCUT2D eigenvalue weighted by Gasteiger charge is 2.50. The zero-order chi connectivity index (χ0) is 17.3. The van der Waals surface area contributed by atoms with E-state index in [9.17, 15) is 19.4 Å². The number of carbonyl (C=O) groups is 1. The van der Waals surface area contributed by atoms with E-state index in [4.69, 9.17) is 5.11 Å². The van der Waals surface area contributed by atoms with Crippen LogP contribution < -0.4 is 0 Å². The molecular weight excluding hydrogens is 287 g/mol. The first-order chi connectivity index (χ1) is 9.92. The molecule has 5 heteroatoms. The Morgan fingerprint density at radius 3 is 2.45 bits per heavy atom. The fraction of sp³-hybridized carbons (Fsp3) is 0.588. The summed E-state index contributed by atoms with van der Waals surface area (Å²) < 4.78 is 13.8. The third-order valence-corrected chi connectivity index (χ3v) is 4.47. The van der Waals surface area contributed by atoms with Crippen LogP contribution in [-0.4, -0.2) is 39.2 Å². The average molecular weight is 312 g/mol. The van der Waals surface area contributed by atoms with Crippen molar-refractivity contribution in [3.8, 4) is 0 Å². The van der Waals surface area contributed by atoms with Gasteiger partial charge in [-0.15, -0.1) is 0 Å². The van der Waals surface area contributed by atoms with Crippen LogP contribution in [0.1, 0.15) is 41.0 Å². The van der Waals surface area contributed by atoms with Crippen molar-refractivity contribution in [2.45, 2.75) is 58.9 Å². The maximum Gasteiger partial charge on any atom is 0.328 e. The summed E-state index contributed by atoms with van der Waals surface area (Å²) in [4.78, 5) is 10.7. The van der Waals surface area contributed by atoms with Gasteiger partial charge in [0.2, 0.25) is 0 Å². The van der Waals surface area contributed by atoms with Crippen molar-refractivity contribution in [2.75, 3.05) is 0 Å². The van der Waals surface area contributed by atoms with E-state index in [0.717, 1.165) is 6.08 Å². The first-order valence-electron chi connectivity index (χ1n) is 7.28. The van der Waals surface area contributed by atoms with Gasteiger partial charge in [-0.3, -0.25) is 0 Å². The molecule has 0 aromatic rings. The lowest BCUT2D eigenvalue weighted by Crippen LogP contribution is -2.51. The molecule has 0 fully saturated rings. The SMILES string of the molecule is CC1=C(C(C)F)C(O)CC(C)(C)C1(O)/C=C/C(C)=C\C(=O)O. The molecule has 4 nitrogen and oxygen atoms in total. The van der Waals surface area contributed by atoms with E-state index in [0.29, 0.717) is 11.1 Å². The number of aliphatic hydroxyl groups excluding tert-OH is 1. The minimum absolute atomic E-state index is 0.200. The summed E-state index contributed by atoms with van der Waals surface area (Å²) in [5.74, 6) is -1.07. The summed E-state index contributed by atoms with van der Waals surface area (Å²) in [5, 5.41) is 30.0. The van der Waals surface area contributed by atoms with Crippen molar-refractivity contribution < 1.29 is 24.5 Å². The van der Waals surface area contributed by atoms with Gasteiger partial charge < -0.3 is 15.3 Å². The number of carboxylic acids is 1. The molecule has 3 N–H and O–H groups in total. The van der Waals surface area contributed by atoms with E-state index in [1.54, 1.807) is 27.7 Å². The molecule has 0 saturated heterocycles. The van der Waals surface area contributed by atoms with E-state index >= 15 is 0 Å². The third-order valence-electron chi connectivity index (χ3n) is 4.47. The number of aliphatic carboxylic acids is 1. The Morgan fingerprint density at radius 2 is 2.00 bits per heavy atom. The summed E-state index contributed by atoms with van der Waals surface area (Å²) in [6, 6.07) is 0. The predicted octanol–water partition coefficient (Wildman–Crippen LogP) is 2.77. The van der Waals surface area contributed by atoms with Crippen molar-refractivity contribution in [1.82, 2.24) is 0 Å². The highest BCUT2D eigenvalue weighted by molar-refractivity contribution is 5.81. The molecule has 0 bridgehead atoms. The molecule has 0 aromatic carbocycles. The zero-order valence-corrected chi connectivity index (χ0v) is 13.7. The second kappa shape index (κ2) is 6.34. The molecule has 1 rings (SSSR count).